The summed E-state index contributed by atoms with van der Waals surface area (Å²) in [4.78, 5) is 0. The van der Waals surface area contributed by atoms with Gasteiger partial charge in [0.25, 0.3) is 0 Å². The van der Waals surface area contributed by atoms with E-state index in [-0.39, 0.29) is 0 Å². The van der Waals surface area contributed by atoms with Crippen LogP contribution in [0.5, 0.6) is 5.75 Å². The molecule has 1 fully saturated rings. The van der Waals surface area contributed by atoms with E-state index in [9.17, 15) is 0 Å². The number of hydrogen-bond donors (Lipinski definition) is 2. The first-order valence-corrected chi connectivity index (χ1v) is 6.58. The molecule has 2 rings (SSSR count). The second-order valence-electron chi connectivity index (χ2n) is 4.74. The number of benzene rings is 1. The third-order valence-electron chi connectivity index (χ3n) is 3.35. The Hall–Kier alpha value is -1.42. The zero-order chi connectivity index (χ0) is 13.0. The number of rotatable bonds is 4. The largest absolute Gasteiger partial charge is 0.492 e. The highest BCUT2D eigenvalue weighted by atomic mass is 16.5. The maximum absolute atomic E-state index is 6.11. The summed E-state index contributed by atoms with van der Waals surface area (Å²) in [5, 5.41) is 3.51. The van der Waals surface area contributed by atoms with Gasteiger partial charge in [0.05, 0.1) is 24.6 Å². The van der Waals surface area contributed by atoms with Crippen LogP contribution in [0.4, 0.5) is 11.4 Å². The molecule has 100 valence electrons. The molecule has 18 heavy (non-hydrogen) atoms. The number of nitrogens with two attached hydrogens (primary N) is 1. The van der Waals surface area contributed by atoms with E-state index in [0.29, 0.717) is 24.3 Å². The molecule has 0 aliphatic carbocycles. The van der Waals surface area contributed by atoms with E-state index in [1.54, 1.807) is 0 Å². The fraction of sp³-hybridized carbons (Fsp3) is 0.571. The Morgan fingerprint density at radius 1 is 1.50 bits per heavy atom. The minimum Gasteiger partial charge on any atom is -0.492 e. The molecule has 0 radical (unpaired) electrons. The Morgan fingerprint density at radius 2 is 2.33 bits per heavy atom. The van der Waals surface area contributed by atoms with Crippen LogP contribution in [0.1, 0.15) is 20.3 Å². The second kappa shape index (κ2) is 5.96. The molecule has 1 aromatic rings. The average molecular weight is 250 g/mol. The van der Waals surface area contributed by atoms with Gasteiger partial charge in [-0.2, -0.15) is 0 Å². The fourth-order valence-corrected chi connectivity index (χ4v) is 2.25. The highest BCUT2D eigenvalue weighted by Crippen LogP contribution is 2.31. The number of hydrogen-bond acceptors (Lipinski definition) is 4. The number of ether oxygens (including phenoxy) is 2. The van der Waals surface area contributed by atoms with Crippen LogP contribution in [-0.4, -0.2) is 25.9 Å². The second-order valence-corrected chi connectivity index (χ2v) is 4.74. The monoisotopic (exact) mass is 250 g/mol. The van der Waals surface area contributed by atoms with Gasteiger partial charge < -0.3 is 20.5 Å². The van der Waals surface area contributed by atoms with E-state index in [0.717, 1.165) is 31.1 Å². The number of nitrogen functional groups attached to an aromatic ring is 1. The SMILES string of the molecule is CCOc1cccc(NC2CCOCC2C)c1N. The van der Waals surface area contributed by atoms with Crippen LogP contribution in [-0.2, 0) is 4.74 Å². The number of nitrogens with one attached hydrogen (secondary N) is 1. The van der Waals surface area contributed by atoms with Crippen LogP contribution in [0.15, 0.2) is 18.2 Å². The van der Waals surface area contributed by atoms with Crippen LogP contribution in [0.25, 0.3) is 0 Å². The van der Waals surface area contributed by atoms with Crippen LogP contribution < -0.4 is 15.8 Å². The van der Waals surface area contributed by atoms with Gasteiger partial charge in [-0.3, -0.25) is 0 Å². The summed E-state index contributed by atoms with van der Waals surface area (Å²) in [6, 6.07) is 6.28. The molecule has 1 heterocycles. The molecule has 0 bridgehead atoms. The van der Waals surface area contributed by atoms with Crippen molar-refractivity contribution in [2.45, 2.75) is 26.3 Å². The van der Waals surface area contributed by atoms with Crippen LogP contribution in [0.2, 0.25) is 0 Å². The molecule has 0 amide bonds. The molecule has 1 aliphatic rings. The van der Waals surface area contributed by atoms with Gasteiger partial charge in [0, 0.05) is 12.6 Å². The van der Waals surface area contributed by atoms with Gasteiger partial charge >= 0.3 is 0 Å². The summed E-state index contributed by atoms with van der Waals surface area (Å²) in [6.45, 7) is 6.40. The van der Waals surface area contributed by atoms with E-state index in [1.165, 1.54) is 0 Å². The molecule has 4 heteroatoms. The molecule has 1 saturated heterocycles. The lowest BCUT2D eigenvalue weighted by molar-refractivity contribution is 0.0538. The van der Waals surface area contributed by atoms with Crippen molar-refractivity contribution in [2.75, 3.05) is 30.9 Å². The predicted molar refractivity (Wildman–Crippen MR) is 74.0 cm³/mol. The average Bonchev–Trinajstić information content (AvgIpc) is 2.37. The molecule has 4 nitrogen and oxygen atoms in total. The third kappa shape index (κ3) is 2.88. The molecule has 2 atom stereocenters. The quantitative estimate of drug-likeness (QED) is 0.806. The van der Waals surface area contributed by atoms with Crippen molar-refractivity contribution >= 4 is 11.4 Å². The normalized spacial score (nSPS) is 23.7. The summed E-state index contributed by atoms with van der Waals surface area (Å²) in [5.41, 5.74) is 7.76. The zero-order valence-corrected chi connectivity index (χ0v) is 11.1. The Balaban J connectivity index is 2.10. The summed E-state index contributed by atoms with van der Waals surface area (Å²) < 4.78 is 10.9. The van der Waals surface area contributed by atoms with Crippen molar-refractivity contribution in [3.63, 3.8) is 0 Å². The smallest absolute Gasteiger partial charge is 0.144 e. The minimum atomic E-state index is 0.415. The highest BCUT2D eigenvalue weighted by Gasteiger charge is 2.22. The molecule has 1 aromatic carbocycles. The summed E-state index contributed by atoms with van der Waals surface area (Å²) in [5.74, 6) is 1.25. The van der Waals surface area contributed by atoms with Gasteiger partial charge in [0.2, 0.25) is 0 Å². The van der Waals surface area contributed by atoms with Crippen LogP contribution >= 0.6 is 0 Å². The van der Waals surface area contributed by atoms with Crippen molar-refractivity contribution in [2.24, 2.45) is 5.92 Å². The molecule has 2 unspecified atom stereocenters. The van der Waals surface area contributed by atoms with Gasteiger partial charge in [-0.1, -0.05) is 13.0 Å². The van der Waals surface area contributed by atoms with Crippen molar-refractivity contribution in [3.05, 3.63) is 18.2 Å². The first kappa shape index (κ1) is 13.0. The Kier molecular flexibility index (Phi) is 4.31. The van der Waals surface area contributed by atoms with Gasteiger partial charge in [-0.15, -0.1) is 0 Å². The van der Waals surface area contributed by atoms with Gasteiger partial charge in [0.15, 0.2) is 0 Å². The zero-order valence-electron chi connectivity index (χ0n) is 11.1. The van der Waals surface area contributed by atoms with Crippen molar-refractivity contribution in [1.82, 2.24) is 0 Å². The molecule has 1 aliphatic heterocycles. The van der Waals surface area contributed by atoms with Gasteiger partial charge in [-0.25, -0.2) is 0 Å². The lowest BCUT2D eigenvalue weighted by Crippen LogP contribution is -2.36. The number of para-hydroxylation sites is 1. The van der Waals surface area contributed by atoms with Crippen molar-refractivity contribution in [1.29, 1.82) is 0 Å². The molecule has 0 spiro atoms. The standard InChI is InChI=1S/C14H22N2O2/c1-3-18-13-6-4-5-12(14(13)15)16-11-7-8-17-9-10(11)2/h4-6,10-11,16H,3,7-9,15H2,1-2H3. The predicted octanol–water partition coefficient (Wildman–Crippen LogP) is 2.50. The molecular formula is C14H22N2O2. The van der Waals surface area contributed by atoms with E-state index < -0.39 is 0 Å². The molecular weight excluding hydrogens is 228 g/mol. The van der Waals surface area contributed by atoms with Crippen LogP contribution in [0.3, 0.4) is 0 Å². The maximum atomic E-state index is 6.11. The summed E-state index contributed by atoms with van der Waals surface area (Å²) in [6.07, 6.45) is 1.01. The molecule has 0 saturated carbocycles. The lowest BCUT2D eigenvalue weighted by Gasteiger charge is -2.31. The third-order valence-corrected chi connectivity index (χ3v) is 3.35. The first-order chi connectivity index (χ1) is 8.72. The van der Waals surface area contributed by atoms with Gasteiger partial charge in [-0.05, 0) is 31.4 Å². The first-order valence-electron chi connectivity index (χ1n) is 6.58. The summed E-state index contributed by atoms with van der Waals surface area (Å²) >= 11 is 0. The molecule has 0 aromatic heterocycles. The Bertz CT molecular complexity index is 395. The van der Waals surface area contributed by atoms with E-state index >= 15 is 0 Å². The van der Waals surface area contributed by atoms with Crippen molar-refractivity contribution in [3.8, 4) is 5.75 Å². The minimum absolute atomic E-state index is 0.415. The topological polar surface area (TPSA) is 56.5 Å². The van der Waals surface area contributed by atoms with E-state index in [4.69, 9.17) is 15.2 Å². The molecule has 3 N–H and O–H groups in total. The van der Waals surface area contributed by atoms with E-state index in [1.807, 2.05) is 25.1 Å². The lowest BCUT2D eigenvalue weighted by atomic mass is 9.97. The Labute approximate surface area is 108 Å². The Morgan fingerprint density at radius 3 is 3.06 bits per heavy atom. The van der Waals surface area contributed by atoms with Gasteiger partial charge in [0.1, 0.15) is 5.75 Å². The van der Waals surface area contributed by atoms with E-state index in [2.05, 4.69) is 12.2 Å². The maximum Gasteiger partial charge on any atom is 0.144 e. The fourth-order valence-electron chi connectivity index (χ4n) is 2.25. The highest BCUT2D eigenvalue weighted by molar-refractivity contribution is 5.73. The van der Waals surface area contributed by atoms with Crippen molar-refractivity contribution < 1.29 is 9.47 Å². The number of anilines is 2. The van der Waals surface area contributed by atoms with Crippen LogP contribution in [0, 0.1) is 5.92 Å². The summed E-state index contributed by atoms with van der Waals surface area (Å²) in [7, 11) is 0.